The van der Waals surface area contributed by atoms with Gasteiger partial charge in [-0.05, 0) is 106 Å². The lowest BCUT2D eigenvalue weighted by Crippen LogP contribution is -2.48. The summed E-state index contributed by atoms with van der Waals surface area (Å²) in [5.41, 5.74) is 4.50. The van der Waals surface area contributed by atoms with Gasteiger partial charge in [0.1, 0.15) is 5.52 Å². The molecule has 4 aromatic rings. The van der Waals surface area contributed by atoms with E-state index in [1.54, 1.807) is 25.4 Å². The van der Waals surface area contributed by atoms with Gasteiger partial charge >= 0.3 is 0 Å². The van der Waals surface area contributed by atoms with E-state index in [9.17, 15) is 19.2 Å². The number of aryl methyl sites for hydroxylation is 1. The van der Waals surface area contributed by atoms with Gasteiger partial charge < -0.3 is 20.0 Å². The number of anilines is 2. The average Bonchev–Trinajstić information content (AvgIpc) is 3.14. The third kappa shape index (κ3) is 7.04. The summed E-state index contributed by atoms with van der Waals surface area (Å²) in [6, 6.07) is 19.6. The Morgan fingerprint density at radius 1 is 0.942 bits per heavy atom. The molecule has 12 nitrogen and oxygen atoms in total. The minimum atomic E-state index is -0.264. The van der Waals surface area contributed by atoms with Crippen LogP contribution in [0.3, 0.4) is 0 Å². The summed E-state index contributed by atoms with van der Waals surface area (Å²) in [7, 11) is 5.70. The molecule has 2 aromatic heterocycles. The standard InChI is InChI=1S/C40H48N8O4/c1-26(42-36-34-32(6-5-21-41-34)39(52)46(4)44-36)35(45(2)3)28-7-9-29(10-8-28)38(51)48-24-19-40(20-25-48)17-22-47(23-18-40)30-13-11-27(12-14-30)31-15-16-33(49)43-37(31)50/h5-14,21,26,31,35H,15-20,22-25H2,1-4H3,(H,42,44)(H,43,49,50)/t26-,31?,35+/m0/s1. The highest BCUT2D eigenvalue weighted by Crippen LogP contribution is 2.42. The zero-order valence-electron chi connectivity index (χ0n) is 30.5. The van der Waals surface area contributed by atoms with E-state index in [1.807, 2.05) is 55.4 Å². The minimum absolute atomic E-state index is 0.0362. The summed E-state index contributed by atoms with van der Waals surface area (Å²) < 4.78 is 1.34. The topological polar surface area (TPSA) is 133 Å². The number of hydrogen-bond donors (Lipinski definition) is 2. The van der Waals surface area contributed by atoms with Gasteiger partial charge in [0.25, 0.3) is 11.5 Å². The molecule has 7 rings (SSSR count). The highest BCUT2D eigenvalue weighted by Gasteiger charge is 2.39. The number of fused-ring (bicyclic) bond motifs is 1. The second kappa shape index (κ2) is 14.5. The van der Waals surface area contributed by atoms with Crippen LogP contribution in [0.1, 0.15) is 78.9 Å². The van der Waals surface area contributed by atoms with Crippen LogP contribution in [0, 0.1) is 5.41 Å². The molecule has 272 valence electrons. The lowest BCUT2D eigenvalue weighted by Gasteiger charge is -2.47. The molecule has 0 radical (unpaired) electrons. The van der Waals surface area contributed by atoms with Gasteiger partial charge in [-0.3, -0.25) is 29.5 Å². The SMILES string of the molecule is C[C@H](Nc1nn(C)c(=O)c2cccnc12)[C@H](c1ccc(C(=O)N2CCC3(CC2)CCN(c2ccc(C4CCC(=O)NC4=O)cc2)CC3)cc1)N(C)C. The predicted molar refractivity (Wildman–Crippen MR) is 201 cm³/mol. The molecule has 2 N–H and O–H groups in total. The van der Waals surface area contributed by atoms with Gasteiger partial charge in [0.05, 0.1) is 17.3 Å². The first-order valence-corrected chi connectivity index (χ1v) is 18.3. The summed E-state index contributed by atoms with van der Waals surface area (Å²) in [5, 5.41) is 11.0. The number of likely N-dealkylation sites (N-methyl/N-ethyl adjacent to an activating group) is 1. The van der Waals surface area contributed by atoms with Crippen molar-refractivity contribution in [1.29, 1.82) is 0 Å². The summed E-state index contributed by atoms with van der Waals surface area (Å²) in [5.74, 6) is -0.0246. The smallest absolute Gasteiger partial charge is 0.276 e. The number of amides is 3. The van der Waals surface area contributed by atoms with Crippen molar-refractivity contribution in [2.75, 3.05) is 50.5 Å². The molecule has 2 aromatic carbocycles. The van der Waals surface area contributed by atoms with Gasteiger partial charge in [0.2, 0.25) is 11.8 Å². The first-order valence-electron chi connectivity index (χ1n) is 18.3. The van der Waals surface area contributed by atoms with Crippen molar-refractivity contribution in [1.82, 2.24) is 29.9 Å². The Morgan fingerprint density at radius 3 is 2.27 bits per heavy atom. The molecular weight excluding hydrogens is 656 g/mol. The van der Waals surface area contributed by atoms with Crippen molar-refractivity contribution < 1.29 is 14.4 Å². The summed E-state index contributed by atoms with van der Waals surface area (Å²) in [4.78, 5) is 61.1. The molecular formula is C40H48N8O4. The average molecular weight is 705 g/mol. The number of imide groups is 1. The van der Waals surface area contributed by atoms with E-state index < -0.39 is 0 Å². The number of aromatic nitrogens is 3. The monoisotopic (exact) mass is 704 g/mol. The largest absolute Gasteiger partial charge is 0.371 e. The number of piperidine rings is 3. The fourth-order valence-electron chi connectivity index (χ4n) is 8.47. The molecule has 5 heterocycles. The molecule has 3 fully saturated rings. The van der Waals surface area contributed by atoms with Gasteiger partial charge in [-0.15, -0.1) is 0 Å². The van der Waals surface area contributed by atoms with Crippen molar-refractivity contribution in [3.63, 3.8) is 0 Å². The van der Waals surface area contributed by atoms with Gasteiger partial charge in [0, 0.05) is 63.1 Å². The maximum absolute atomic E-state index is 13.7. The molecule has 0 aliphatic carbocycles. The van der Waals surface area contributed by atoms with Crippen molar-refractivity contribution in [2.45, 2.75) is 63.5 Å². The van der Waals surface area contributed by atoms with E-state index >= 15 is 0 Å². The fourth-order valence-corrected chi connectivity index (χ4v) is 8.47. The number of nitrogens with one attached hydrogen (secondary N) is 2. The zero-order valence-corrected chi connectivity index (χ0v) is 30.5. The molecule has 0 bridgehead atoms. The zero-order chi connectivity index (χ0) is 36.6. The Labute approximate surface area is 304 Å². The number of benzene rings is 2. The maximum Gasteiger partial charge on any atom is 0.276 e. The van der Waals surface area contributed by atoms with Crippen LogP contribution in [0.5, 0.6) is 0 Å². The van der Waals surface area contributed by atoms with Crippen LogP contribution in [-0.4, -0.2) is 88.6 Å². The highest BCUT2D eigenvalue weighted by molar-refractivity contribution is 6.01. The molecule has 3 atom stereocenters. The maximum atomic E-state index is 13.7. The third-order valence-electron chi connectivity index (χ3n) is 11.5. The Morgan fingerprint density at radius 2 is 1.62 bits per heavy atom. The molecule has 3 aliphatic heterocycles. The highest BCUT2D eigenvalue weighted by atomic mass is 16.2. The second-order valence-electron chi connectivity index (χ2n) is 15.0. The number of likely N-dealkylation sites (tertiary alicyclic amines) is 1. The summed E-state index contributed by atoms with van der Waals surface area (Å²) in [6.07, 6.45) is 6.81. The lowest BCUT2D eigenvalue weighted by molar-refractivity contribution is -0.134. The molecule has 3 amide bonds. The van der Waals surface area contributed by atoms with E-state index in [1.165, 1.54) is 4.68 Å². The molecule has 1 unspecified atom stereocenters. The van der Waals surface area contributed by atoms with Gasteiger partial charge in [0.15, 0.2) is 5.82 Å². The van der Waals surface area contributed by atoms with Crippen LogP contribution < -0.4 is 21.1 Å². The number of pyridine rings is 1. The molecule has 52 heavy (non-hydrogen) atoms. The Balaban J connectivity index is 0.937. The van der Waals surface area contributed by atoms with Crippen LogP contribution in [0.15, 0.2) is 71.7 Å². The van der Waals surface area contributed by atoms with Gasteiger partial charge in [-0.2, -0.15) is 5.10 Å². The molecule has 0 saturated carbocycles. The second-order valence-corrected chi connectivity index (χ2v) is 15.0. The number of nitrogens with zero attached hydrogens (tertiary/aromatic N) is 6. The Hall–Kier alpha value is -5.10. The van der Waals surface area contributed by atoms with Crippen molar-refractivity contribution in [3.05, 3.63) is 93.9 Å². The Bertz CT molecular complexity index is 2010. The first-order chi connectivity index (χ1) is 25.0. The van der Waals surface area contributed by atoms with E-state index in [-0.39, 0.29) is 46.7 Å². The van der Waals surface area contributed by atoms with Crippen LogP contribution in [0.4, 0.5) is 11.5 Å². The van der Waals surface area contributed by atoms with Crippen molar-refractivity contribution in [3.8, 4) is 0 Å². The third-order valence-corrected chi connectivity index (χ3v) is 11.5. The minimum Gasteiger partial charge on any atom is -0.371 e. The normalized spacial score (nSPS) is 20.2. The van der Waals surface area contributed by atoms with Crippen molar-refractivity contribution in [2.24, 2.45) is 12.5 Å². The first kappa shape index (κ1) is 35.3. The van der Waals surface area contributed by atoms with Crippen molar-refractivity contribution >= 4 is 40.1 Å². The fraction of sp³-hybridized carbons (Fsp3) is 0.450. The van der Waals surface area contributed by atoms with E-state index in [0.717, 1.165) is 68.7 Å². The van der Waals surface area contributed by atoms with Gasteiger partial charge in [-0.25, -0.2) is 4.68 Å². The summed E-state index contributed by atoms with van der Waals surface area (Å²) >= 11 is 0. The quantitative estimate of drug-likeness (QED) is 0.255. The van der Waals surface area contributed by atoms with Gasteiger partial charge in [-0.1, -0.05) is 24.3 Å². The molecule has 12 heteroatoms. The number of carbonyl (C=O) groups is 3. The summed E-state index contributed by atoms with van der Waals surface area (Å²) in [6.45, 7) is 5.55. The molecule has 3 aliphatic rings. The van der Waals surface area contributed by atoms with Crippen LogP contribution in [0.25, 0.3) is 10.9 Å². The van der Waals surface area contributed by atoms with E-state index in [0.29, 0.717) is 35.1 Å². The van der Waals surface area contributed by atoms with E-state index in [2.05, 4.69) is 49.6 Å². The van der Waals surface area contributed by atoms with Crippen LogP contribution in [0.2, 0.25) is 0 Å². The predicted octanol–water partition coefficient (Wildman–Crippen LogP) is 4.47. The molecule has 3 saturated heterocycles. The Kier molecular flexibility index (Phi) is 9.84. The van der Waals surface area contributed by atoms with Crippen LogP contribution >= 0.6 is 0 Å². The lowest BCUT2D eigenvalue weighted by atomic mass is 9.71. The van der Waals surface area contributed by atoms with E-state index in [4.69, 9.17) is 0 Å². The number of rotatable bonds is 8. The van der Waals surface area contributed by atoms with Crippen LogP contribution in [-0.2, 0) is 16.6 Å². The number of carbonyl (C=O) groups excluding carboxylic acids is 3. The molecule has 1 spiro atoms. The number of hydrogen-bond acceptors (Lipinski definition) is 9.